The van der Waals surface area contributed by atoms with E-state index in [4.69, 9.17) is 9.47 Å². The summed E-state index contributed by atoms with van der Waals surface area (Å²) in [5.41, 5.74) is 1.41. The van der Waals surface area contributed by atoms with E-state index in [1.54, 1.807) is 25.1 Å². The molecule has 1 aliphatic carbocycles. The van der Waals surface area contributed by atoms with Gasteiger partial charge in [0.2, 0.25) is 5.91 Å². The van der Waals surface area contributed by atoms with Crippen LogP contribution >= 0.6 is 0 Å². The Balaban J connectivity index is 1.89. The number of esters is 1. The van der Waals surface area contributed by atoms with Gasteiger partial charge in [0.05, 0.1) is 18.1 Å². The standard InChI is InChI=1S/C25H31NO4/c1-4-18(3)30-22-14-13-20(17-21(22)23(27)29-5-2)26-24(28)25(15-9-10-16-25)19-11-7-6-8-12-19/h6-8,11-14,17-18H,4-5,9-10,15-16H2,1-3H3,(H,26,28)/t18-/m0/s1. The van der Waals surface area contributed by atoms with E-state index in [-0.39, 0.29) is 18.6 Å². The number of benzene rings is 2. The second-order valence-electron chi connectivity index (χ2n) is 7.88. The van der Waals surface area contributed by atoms with E-state index in [1.807, 2.05) is 44.2 Å². The van der Waals surface area contributed by atoms with Crippen molar-refractivity contribution in [3.8, 4) is 5.75 Å². The van der Waals surface area contributed by atoms with Gasteiger partial charge in [0, 0.05) is 5.69 Å². The number of hydrogen-bond acceptors (Lipinski definition) is 4. The molecule has 1 fully saturated rings. The number of hydrogen-bond donors (Lipinski definition) is 1. The van der Waals surface area contributed by atoms with Crippen LogP contribution in [-0.2, 0) is 14.9 Å². The summed E-state index contributed by atoms with van der Waals surface area (Å²) in [5, 5.41) is 3.05. The lowest BCUT2D eigenvalue weighted by Gasteiger charge is -2.28. The number of amides is 1. The molecule has 1 aliphatic rings. The maximum atomic E-state index is 13.4. The highest BCUT2D eigenvalue weighted by molar-refractivity contribution is 6.01. The zero-order valence-electron chi connectivity index (χ0n) is 18.1. The molecule has 1 N–H and O–H groups in total. The normalized spacial score (nSPS) is 16.0. The molecular weight excluding hydrogens is 378 g/mol. The van der Waals surface area contributed by atoms with Crippen LogP contribution in [0.15, 0.2) is 48.5 Å². The van der Waals surface area contributed by atoms with Crippen molar-refractivity contribution in [2.75, 3.05) is 11.9 Å². The van der Waals surface area contributed by atoms with E-state index in [0.717, 1.165) is 37.7 Å². The molecule has 0 aromatic heterocycles. The van der Waals surface area contributed by atoms with Gasteiger partial charge in [-0.15, -0.1) is 0 Å². The number of carbonyl (C=O) groups is 2. The van der Waals surface area contributed by atoms with Crippen molar-refractivity contribution < 1.29 is 19.1 Å². The molecule has 160 valence electrons. The zero-order valence-corrected chi connectivity index (χ0v) is 18.1. The first-order chi connectivity index (χ1) is 14.5. The monoisotopic (exact) mass is 409 g/mol. The van der Waals surface area contributed by atoms with Crippen LogP contribution in [-0.4, -0.2) is 24.6 Å². The highest BCUT2D eigenvalue weighted by Crippen LogP contribution is 2.42. The number of nitrogens with one attached hydrogen (secondary N) is 1. The highest BCUT2D eigenvalue weighted by Gasteiger charge is 2.42. The van der Waals surface area contributed by atoms with Gasteiger partial charge in [-0.05, 0) is 56.9 Å². The summed E-state index contributed by atoms with van der Waals surface area (Å²) in [6, 6.07) is 15.1. The van der Waals surface area contributed by atoms with Crippen molar-refractivity contribution in [3.63, 3.8) is 0 Å². The van der Waals surface area contributed by atoms with Gasteiger partial charge >= 0.3 is 5.97 Å². The minimum absolute atomic E-state index is 0.0292. The van der Waals surface area contributed by atoms with E-state index in [0.29, 0.717) is 17.0 Å². The van der Waals surface area contributed by atoms with Crippen LogP contribution in [0, 0.1) is 0 Å². The fraction of sp³-hybridized carbons (Fsp3) is 0.440. The van der Waals surface area contributed by atoms with Gasteiger partial charge in [0.25, 0.3) is 0 Å². The largest absolute Gasteiger partial charge is 0.490 e. The summed E-state index contributed by atoms with van der Waals surface area (Å²) in [6.45, 7) is 6.01. The first-order valence-electron chi connectivity index (χ1n) is 10.8. The molecule has 1 atom stereocenters. The predicted octanol–water partition coefficient (Wildman–Crippen LogP) is 5.49. The predicted molar refractivity (Wildman–Crippen MR) is 118 cm³/mol. The van der Waals surface area contributed by atoms with Gasteiger partial charge in [-0.25, -0.2) is 4.79 Å². The van der Waals surface area contributed by atoms with Crippen molar-refractivity contribution in [1.82, 2.24) is 0 Å². The van der Waals surface area contributed by atoms with Crippen LogP contribution in [0.2, 0.25) is 0 Å². The van der Waals surface area contributed by atoms with Crippen LogP contribution in [0.5, 0.6) is 5.75 Å². The molecule has 0 radical (unpaired) electrons. The number of anilines is 1. The fourth-order valence-electron chi connectivity index (χ4n) is 4.01. The first kappa shape index (κ1) is 21.9. The third-order valence-corrected chi connectivity index (χ3v) is 5.85. The van der Waals surface area contributed by atoms with Crippen molar-refractivity contribution in [2.45, 2.75) is 64.4 Å². The lowest BCUT2D eigenvalue weighted by Crippen LogP contribution is -2.38. The summed E-state index contributed by atoms with van der Waals surface area (Å²) in [7, 11) is 0. The number of rotatable bonds is 8. The van der Waals surface area contributed by atoms with E-state index in [1.165, 1.54) is 0 Å². The van der Waals surface area contributed by atoms with Crippen molar-refractivity contribution >= 4 is 17.6 Å². The lowest BCUT2D eigenvalue weighted by atomic mass is 9.78. The van der Waals surface area contributed by atoms with E-state index >= 15 is 0 Å². The van der Waals surface area contributed by atoms with Crippen LogP contribution in [0.3, 0.4) is 0 Å². The Hall–Kier alpha value is -2.82. The molecule has 0 aliphatic heterocycles. The first-order valence-corrected chi connectivity index (χ1v) is 10.8. The van der Waals surface area contributed by atoms with Crippen molar-refractivity contribution in [3.05, 3.63) is 59.7 Å². The van der Waals surface area contributed by atoms with E-state index < -0.39 is 11.4 Å². The molecule has 1 amide bonds. The molecule has 2 aromatic carbocycles. The molecule has 0 unspecified atom stereocenters. The quantitative estimate of drug-likeness (QED) is 0.586. The Labute approximate surface area is 178 Å². The van der Waals surface area contributed by atoms with Gasteiger partial charge < -0.3 is 14.8 Å². The fourth-order valence-corrected chi connectivity index (χ4v) is 4.01. The Morgan fingerprint density at radius 3 is 2.40 bits per heavy atom. The minimum atomic E-state index is -0.531. The van der Waals surface area contributed by atoms with Gasteiger partial charge in [-0.3, -0.25) is 4.79 Å². The zero-order chi connectivity index (χ0) is 21.6. The second kappa shape index (κ2) is 9.79. The Kier molecular flexibility index (Phi) is 7.14. The van der Waals surface area contributed by atoms with Crippen molar-refractivity contribution in [1.29, 1.82) is 0 Å². The van der Waals surface area contributed by atoms with Crippen LogP contribution in [0.25, 0.3) is 0 Å². The third-order valence-electron chi connectivity index (χ3n) is 5.85. The summed E-state index contributed by atoms with van der Waals surface area (Å²) < 4.78 is 11.1. The third kappa shape index (κ3) is 4.66. The maximum absolute atomic E-state index is 13.4. The summed E-state index contributed by atoms with van der Waals surface area (Å²) in [6.07, 6.45) is 4.49. The van der Waals surface area contributed by atoms with Crippen LogP contribution in [0.1, 0.15) is 68.8 Å². The Morgan fingerprint density at radius 1 is 1.07 bits per heavy atom. The SMILES string of the molecule is CCOC(=O)c1cc(NC(=O)C2(c3ccccc3)CCCC2)ccc1O[C@@H](C)CC. The van der Waals surface area contributed by atoms with Crippen molar-refractivity contribution in [2.24, 2.45) is 0 Å². The molecule has 0 spiro atoms. The molecule has 1 saturated carbocycles. The molecule has 0 heterocycles. The molecule has 0 saturated heterocycles. The second-order valence-corrected chi connectivity index (χ2v) is 7.88. The molecule has 5 nitrogen and oxygen atoms in total. The van der Waals surface area contributed by atoms with Gasteiger partial charge in [0.15, 0.2) is 0 Å². The van der Waals surface area contributed by atoms with Crippen LogP contribution < -0.4 is 10.1 Å². The Morgan fingerprint density at radius 2 is 1.77 bits per heavy atom. The van der Waals surface area contributed by atoms with Gasteiger partial charge in [-0.1, -0.05) is 50.1 Å². The average molecular weight is 410 g/mol. The molecule has 5 heteroatoms. The highest BCUT2D eigenvalue weighted by atomic mass is 16.5. The smallest absolute Gasteiger partial charge is 0.341 e. The Bertz CT molecular complexity index is 872. The molecule has 0 bridgehead atoms. The number of ether oxygens (including phenoxy) is 2. The van der Waals surface area contributed by atoms with E-state index in [2.05, 4.69) is 5.32 Å². The summed E-state index contributed by atoms with van der Waals surface area (Å²) >= 11 is 0. The lowest BCUT2D eigenvalue weighted by molar-refractivity contribution is -0.121. The van der Waals surface area contributed by atoms with Gasteiger partial charge in [-0.2, -0.15) is 0 Å². The molecule has 3 rings (SSSR count). The molecule has 30 heavy (non-hydrogen) atoms. The molecular formula is C25H31NO4. The maximum Gasteiger partial charge on any atom is 0.341 e. The number of carbonyl (C=O) groups excluding carboxylic acids is 2. The topological polar surface area (TPSA) is 64.6 Å². The molecule has 2 aromatic rings. The minimum Gasteiger partial charge on any atom is -0.490 e. The summed E-state index contributed by atoms with van der Waals surface area (Å²) in [4.78, 5) is 25.9. The summed E-state index contributed by atoms with van der Waals surface area (Å²) in [5.74, 6) is -0.0124. The van der Waals surface area contributed by atoms with Gasteiger partial charge in [0.1, 0.15) is 11.3 Å². The van der Waals surface area contributed by atoms with E-state index in [9.17, 15) is 9.59 Å². The average Bonchev–Trinajstić information content (AvgIpc) is 3.27. The van der Waals surface area contributed by atoms with Crippen LogP contribution in [0.4, 0.5) is 5.69 Å².